The number of ether oxygens (including phenoxy) is 1. The van der Waals surface area contributed by atoms with E-state index in [9.17, 15) is 9.90 Å². The lowest BCUT2D eigenvalue weighted by Gasteiger charge is -2.23. The average molecular weight is 251 g/mol. The lowest BCUT2D eigenvalue weighted by Crippen LogP contribution is -2.36. The third-order valence-electron chi connectivity index (χ3n) is 2.35. The van der Waals surface area contributed by atoms with Crippen LogP contribution in [0.4, 0.5) is 4.79 Å². The van der Waals surface area contributed by atoms with E-state index in [0.717, 1.165) is 11.1 Å². The van der Waals surface area contributed by atoms with Gasteiger partial charge in [-0.2, -0.15) is 0 Å². The molecule has 100 valence electrons. The first-order valence-electron chi connectivity index (χ1n) is 5.99. The number of benzene rings is 1. The van der Waals surface area contributed by atoms with Crippen LogP contribution >= 0.6 is 0 Å². The lowest BCUT2D eigenvalue weighted by molar-refractivity contribution is 0.0482. The number of aliphatic hydroxyl groups is 1. The molecule has 1 rings (SSSR count). The van der Waals surface area contributed by atoms with Gasteiger partial charge in [-0.15, -0.1) is 0 Å². The molecule has 18 heavy (non-hydrogen) atoms. The van der Waals surface area contributed by atoms with Crippen molar-refractivity contribution in [2.75, 3.05) is 6.61 Å². The van der Waals surface area contributed by atoms with Gasteiger partial charge in [0.15, 0.2) is 0 Å². The van der Waals surface area contributed by atoms with E-state index in [4.69, 9.17) is 4.74 Å². The second-order valence-electron chi connectivity index (χ2n) is 5.29. The Morgan fingerprint density at radius 1 is 1.33 bits per heavy atom. The van der Waals surface area contributed by atoms with Crippen LogP contribution in [-0.4, -0.2) is 23.4 Å². The summed E-state index contributed by atoms with van der Waals surface area (Å²) in [5, 5.41) is 12.0. The van der Waals surface area contributed by atoms with Crippen LogP contribution in [-0.2, 0) is 4.74 Å². The maximum absolute atomic E-state index is 11.6. The Bertz CT molecular complexity index is 392. The van der Waals surface area contributed by atoms with Crippen molar-refractivity contribution < 1.29 is 14.6 Å². The summed E-state index contributed by atoms with van der Waals surface area (Å²) in [4.78, 5) is 11.6. The molecule has 0 aliphatic rings. The number of carbonyl (C=O) groups excluding carboxylic acids is 1. The molecular weight excluding hydrogens is 230 g/mol. The second kappa shape index (κ2) is 5.87. The minimum absolute atomic E-state index is 0.164. The number of amides is 1. The van der Waals surface area contributed by atoms with E-state index in [-0.39, 0.29) is 6.61 Å². The molecule has 1 amide bonds. The first-order chi connectivity index (χ1) is 8.31. The molecule has 0 aliphatic carbocycles. The van der Waals surface area contributed by atoms with Crippen LogP contribution in [0.25, 0.3) is 0 Å². The fourth-order valence-electron chi connectivity index (χ4n) is 1.48. The van der Waals surface area contributed by atoms with Crippen LogP contribution in [0.5, 0.6) is 0 Å². The number of aliphatic hydroxyl groups excluding tert-OH is 1. The lowest BCUT2D eigenvalue weighted by atomic mass is 10.1. The Kier molecular flexibility index (Phi) is 4.73. The zero-order valence-electron chi connectivity index (χ0n) is 11.4. The predicted octanol–water partition coefficient (Wildman–Crippen LogP) is 2.55. The summed E-state index contributed by atoms with van der Waals surface area (Å²) in [7, 11) is 0. The summed E-state index contributed by atoms with van der Waals surface area (Å²) < 4.78 is 5.15. The SMILES string of the molecule is Cc1ccc([C@@H](CO)NC(=O)OC(C)(C)C)cc1. The average Bonchev–Trinajstić information content (AvgIpc) is 2.25. The first kappa shape index (κ1) is 14.5. The number of alkyl carbamates (subject to hydrolysis) is 1. The highest BCUT2D eigenvalue weighted by molar-refractivity contribution is 5.68. The highest BCUT2D eigenvalue weighted by atomic mass is 16.6. The van der Waals surface area contributed by atoms with Crippen molar-refractivity contribution in [3.05, 3.63) is 35.4 Å². The van der Waals surface area contributed by atoms with Gasteiger partial charge >= 0.3 is 6.09 Å². The van der Waals surface area contributed by atoms with Crippen molar-refractivity contribution in [3.63, 3.8) is 0 Å². The number of hydrogen-bond acceptors (Lipinski definition) is 3. The number of aryl methyl sites for hydroxylation is 1. The molecule has 1 aromatic carbocycles. The van der Waals surface area contributed by atoms with Crippen molar-refractivity contribution in [3.8, 4) is 0 Å². The summed E-state index contributed by atoms with van der Waals surface area (Å²) in [6.07, 6.45) is -0.526. The molecule has 0 aromatic heterocycles. The van der Waals surface area contributed by atoms with Gasteiger partial charge in [0.1, 0.15) is 5.60 Å². The van der Waals surface area contributed by atoms with E-state index in [0.29, 0.717) is 0 Å². The number of nitrogens with one attached hydrogen (secondary N) is 1. The van der Waals surface area contributed by atoms with Crippen LogP contribution < -0.4 is 5.32 Å². The van der Waals surface area contributed by atoms with E-state index in [1.165, 1.54) is 0 Å². The Labute approximate surface area is 108 Å². The topological polar surface area (TPSA) is 58.6 Å². The third kappa shape index (κ3) is 4.75. The summed E-state index contributed by atoms with van der Waals surface area (Å²) in [6, 6.07) is 7.20. The van der Waals surface area contributed by atoms with Gasteiger partial charge in [-0.1, -0.05) is 29.8 Å². The second-order valence-corrected chi connectivity index (χ2v) is 5.29. The molecule has 0 unspecified atom stereocenters. The molecular formula is C14H21NO3. The van der Waals surface area contributed by atoms with Gasteiger partial charge in [-0.25, -0.2) is 4.79 Å². The summed E-state index contributed by atoms with van der Waals surface area (Å²) >= 11 is 0. The van der Waals surface area contributed by atoms with Crippen molar-refractivity contribution in [2.24, 2.45) is 0 Å². The van der Waals surface area contributed by atoms with Gasteiger partial charge in [0.05, 0.1) is 12.6 Å². The standard InChI is InChI=1S/C14H21NO3/c1-10-5-7-11(8-6-10)12(9-16)15-13(17)18-14(2,3)4/h5-8,12,16H,9H2,1-4H3,(H,15,17)/t12-/m1/s1. The van der Waals surface area contributed by atoms with Gasteiger partial charge < -0.3 is 15.2 Å². The Morgan fingerprint density at radius 3 is 2.33 bits per heavy atom. The summed E-state index contributed by atoms with van der Waals surface area (Å²) in [6.45, 7) is 7.21. The minimum Gasteiger partial charge on any atom is -0.444 e. The predicted molar refractivity (Wildman–Crippen MR) is 70.4 cm³/mol. The molecule has 4 nitrogen and oxygen atoms in total. The molecule has 0 fully saturated rings. The molecule has 0 saturated carbocycles. The Balaban J connectivity index is 2.68. The van der Waals surface area contributed by atoms with Crippen molar-refractivity contribution >= 4 is 6.09 Å². The molecule has 2 N–H and O–H groups in total. The zero-order chi connectivity index (χ0) is 13.8. The van der Waals surface area contributed by atoms with Gasteiger partial charge in [0, 0.05) is 0 Å². The zero-order valence-corrected chi connectivity index (χ0v) is 11.4. The monoisotopic (exact) mass is 251 g/mol. The van der Waals surface area contributed by atoms with Crippen LogP contribution in [0.3, 0.4) is 0 Å². The number of hydrogen-bond donors (Lipinski definition) is 2. The van der Waals surface area contributed by atoms with E-state index in [2.05, 4.69) is 5.32 Å². The van der Waals surface area contributed by atoms with Crippen molar-refractivity contribution in [1.29, 1.82) is 0 Å². The van der Waals surface area contributed by atoms with E-state index >= 15 is 0 Å². The van der Waals surface area contributed by atoms with E-state index < -0.39 is 17.7 Å². The van der Waals surface area contributed by atoms with E-state index in [1.807, 2.05) is 31.2 Å². The quantitative estimate of drug-likeness (QED) is 0.868. The number of carbonyl (C=O) groups is 1. The van der Waals surface area contributed by atoms with Crippen LogP contribution in [0.1, 0.15) is 37.9 Å². The van der Waals surface area contributed by atoms with Gasteiger partial charge in [0.25, 0.3) is 0 Å². The summed E-state index contributed by atoms with van der Waals surface area (Å²) in [5.41, 5.74) is 1.44. The molecule has 1 aromatic rings. The molecule has 0 bridgehead atoms. The molecule has 0 heterocycles. The Morgan fingerprint density at radius 2 is 1.89 bits per heavy atom. The smallest absolute Gasteiger partial charge is 0.408 e. The molecule has 1 atom stereocenters. The highest BCUT2D eigenvalue weighted by Crippen LogP contribution is 2.15. The first-order valence-corrected chi connectivity index (χ1v) is 5.99. The molecule has 0 saturated heterocycles. The normalized spacial score (nSPS) is 12.9. The van der Waals surface area contributed by atoms with Crippen LogP contribution in [0.2, 0.25) is 0 Å². The van der Waals surface area contributed by atoms with Crippen molar-refractivity contribution in [2.45, 2.75) is 39.3 Å². The maximum Gasteiger partial charge on any atom is 0.408 e. The third-order valence-corrected chi connectivity index (χ3v) is 2.35. The molecule has 0 spiro atoms. The van der Waals surface area contributed by atoms with Gasteiger partial charge in [-0.05, 0) is 33.3 Å². The van der Waals surface area contributed by atoms with Crippen LogP contribution in [0.15, 0.2) is 24.3 Å². The fraction of sp³-hybridized carbons (Fsp3) is 0.500. The minimum atomic E-state index is -0.544. The summed E-state index contributed by atoms with van der Waals surface area (Å²) in [5.74, 6) is 0. The molecule has 4 heteroatoms. The fourth-order valence-corrected chi connectivity index (χ4v) is 1.48. The van der Waals surface area contributed by atoms with Crippen molar-refractivity contribution in [1.82, 2.24) is 5.32 Å². The molecule has 0 aliphatic heterocycles. The van der Waals surface area contributed by atoms with Gasteiger partial charge in [-0.3, -0.25) is 0 Å². The highest BCUT2D eigenvalue weighted by Gasteiger charge is 2.19. The molecule has 0 radical (unpaired) electrons. The van der Waals surface area contributed by atoms with Gasteiger partial charge in [0.2, 0.25) is 0 Å². The largest absolute Gasteiger partial charge is 0.444 e. The van der Waals surface area contributed by atoms with E-state index in [1.54, 1.807) is 20.8 Å². The van der Waals surface area contributed by atoms with Crippen LogP contribution in [0, 0.1) is 6.92 Å². The maximum atomic E-state index is 11.6. The number of rotatable bonds is 3. The Hall–Kier alpha value is -1.55.